The number of halogens is 1. The van der Waals surface area contributed by atoms with Crippen LogP contribution in [0.5, 0.6) is 0 Å². The molecular weight excluding hydrogens is 221 g/mol. The van der Waals surface area contributed by atoms with E-state index in [0.717, 1.165) is 0 Å². The molecule has 0 N–H and O–H groups in total. The SMILES string of the molecule is CC(C)OC(=O)/C(C#N)=C\c1ccc(F)cc1. The van der Waals surface area contributed by atoms with E-state index in [1.54, 1.807) is 19.9 Å². The van der Waals surface area contributed by atoms with Gasteiger partial charge in [-0.2, -0.15) is 5.26 Å². The van der Waals surface area contributed by atoms with Gasteiger partial charge in [0.25, 0.3) is 0 Å². The lowest BCUT2D eigenvalue weighted by atomic mass is 10.1. The summed E-state index contributed by atoms with van der Waals surface area (Å²) in [4.78, 5) is 11.5. The van der Waals surface area contributed by atoms with E-state index >= 15 is 0 Å². The highest BCUT2D eigenvalue weighted by Crippen LogP contribution is 2.10. The molecule has 0 atom stereocenters. The molecule has 0 aliphatic heterocycles. The van der Waals surface area contributed by atoms with Gasteiger partial charge in [0.1, 0.15) is 17.5 Å². The standard InChI is InChI=1S/C13H12FNO2/c1-9(2)17-13(16)11(8-15)7-10-3-5-12(14)6-4-10/h3-7,9H,1-2H3/b11-7-. The van der Waals surface area contributed by atoms with E-state index < -0.39 is 5.97 Å². The third-order valence-electron chi connectivity index (χ3n) is 1.86. The molecule has 0 fully saturated rings. The van der Waals surface area contributed by atoms with Crippen molar-refractivity contribution < 1.29 is 13.9 Å². The highest BCUT2D eigenvalue weighted by atomic mass is 19.1. The van der Waals surface area contributed by atoms with Gasteiger partial charge in [0.15, 0.2) is 0 Å². The topological polar surface area (TPSA) is 50.1 Å². The average molecular weight is 233 g/mol. The van der Waals surface area contributed by atoms with E-state index in [1.807, 2.05) is 0 Å². The predicted molar refractivity (Wildman–Crippen MR) is 61.2 cm³/mol. The minimum Gasteiger partial charge on any atom is -0.459 e. The normalized spacial score (nSPS) is 11.1. The van der Waals surface area contributed by atoms with Crippen LogP contribution in [-0.4, -0.2) is 12.1 Å². The van der Waals surface area contributed by atoms with Crippen molar-refractivity contribution in [2.24, 2.45) is 0 Å². The summed E-state index contributed by atoms with van der Waals surface area (Å²) in [6.45, 7) is 3.40. The summed E-state index contributed by atoms with van der Waals surface area (Å²) in [6, 6.07) is 7.24. The maximum atomic E-state index is 12.7. The largest absolute Gasteiger partial charge is 0.459 e. The Morgan fingerprint density at radius 3 is 2.47 bits per heavy atom. The molecule has 0 heterocycles. The molecule has 0 aromatic heterocycles. The third kappa shape index (κ3) is 4.07. The van der Waals surface area contributed by atoms with Gasteiger partial charge in [-0.1, -0.05) is 12.1 Å². The maximum absolute atomic E-state index is 12.7. The monoisotopic (exact) mass is 233 g/mol. The second-order valence-electron chi connectivity index (χ2n) is 3.68. The first-order chi connectivity index (χ1) is 8.02. The molecule has 0 unspecified atom stereocenters. The van der Waals surface area contributed by atoms with Crippen molar-refractivity contribution in [3.05, 3.63) is 41.2 Å². The van der Waals surface area contributed by atoms with Crippen molar-refractivity contribution in [2.75, 3.05) is 0 Å². The lowest BCUT2D eigenvalue weighted by Crippen LogP contribution is -2.12. The minimum absolute atomic E-state index is 0.106. The van der Waals surface area contributed by atoms with Gasteiger partial charge in [0.05, 0.1) is 6.10 Å². The molecule has 88 valence electrons. The van der Waals surface area contributed by atoms with Crippen LogP contribution < -0.4 is 0 Å². The third-order valence-corrected chi connectivity index (χ3v) is 1.86. The Labute approximate surface area is 99.1 Å². The number of hydrogen-bond acceptors (Lipinski definition) is 3. The Kier molecular flexibility index (Phi) is 4.41. The molecule has 0 aliphatic rings. The van der Waals surface area contributed by atoms with Gasteiger partial charge in [-0.3, -0.25) is 0 Å². The Morgan fingerprint density at radius 2 is 2.00 bits per heavy atom. The van der Waals surface area contributed by atoms with E-state index in [0.29, 0.717) is 5.56 Å². The summed E-state index contributed by atoms with van der Waals surface area (Å²) in [7, 11) is 0. The molecule has 17 heavy (non-hydrogen) atoms. The lowest BCUT2D eigenvalue weighted by molar-refractivity contribution is -0.142. The molecule has 1 aromatic carbocycles. The van der Waals surface area contributed by atoms with Gasteiger partial charge < -0.3 is 4.74 Å². The highest BCUT2D eigenvalue weighted by molar-refractivity contribution is 5.97. The van der Waals surface area contributed by atoms with Crippen molar-refractivity contribution in [3.63, 3.8) is 0 Å². The predicted octanol–water partition coefficient (Wildman–Crippen LogP) is 2.68. The first-order valence-corrected chi connectivity index (χ1v) is 5.11. The van der Waals surface area contributed by atoms with Crippen molar-refractivity contribution >= 4 is 12.0 Å². The summed E-state index contributed by atoms with van der Waals surface area (Å²) in [5, 5.41) is 8.83. The van der Waals surface area contributed by atoms with Crippen LogP contribution in [-0.2, 0) is 9.53 Å². The Morgan fingerprint density at radius 1 is 1.41 bits per heavy atom. The summed E-state index contributed by atoms with van der Waals surface area (Å²) in [5.41, 5.74) is 0.467. The number of carbonyl (C=O) groups excluding carboxylic acids is 1. The van der Waals surface area contributed by atoms with Crippen molar-refractivity contribution in [1.29, 1.82) is 5.26 Å². The van der Waals surface area contributed by atoms with E-state index in [-0.39, 0.29) is 17.5 Å². The van der Waals surface area contributed by atoms with Gasteiger partial charge in [-0.25, -0.2) is 9.18 Å². The van der Waals surface area contributed by atoms with Crippen molar-refractivity contribution in [3.8, 4) is 6.07 Å². The molecular formula is C13H12FNO2. The van der Waals surface area contributed by atoms with E-state index in [4.69, 9.17) is 10.00 Å². The number of nitriles is 1. The van der Waals surface area contributed by atoms with Crippen LogP contribution in [0.3, 0.4) is 0 Å². The van der Waals surface area contributed by atoms with Crippen LogP contribution in [0.25, 0.3) is 6.08 Å². The first-order valence-electron chi connectivity index (χ1n) is 5.11. The van der Waals surface area contributed by atoms with Crippen LogP contribution in [0.2, 0.25) is 0 Å². The Hall–Kier alpha value is -2.15. The summed E-state index contributed by atoms with van der Waals surface area (Å²) < 4.78 is 17.6. The quantitative estimate of drug-likeness (QED) is 0.458. The van der Waals surface area contributed by atoms with Crippen LogP contribution in [0, 0.1) is 17.1 Å². The number of esters is 1. The number of carbonyl (C=O) groups is 1. The number of rotatable bonds is 3. The fourth-order valence-electron chi connectivity index (χ4n) is 1.14. The van der Waals surface area contributed by atoms with Gasteiger partial charge in [-0.15, -0.1) is 0 Å². The summed E-state index contributed by atoms with van der Waals surface area (Å²) >= 11 is 0. The van der Waals surface area contributed by atoms with Crippen LogP contribution in [0.15, 0.2) is 29.8 Å². The van der Waals surface area contributed by atoms with Crippen LogP contribution in [0.1, 0.15) is 19.4 Å². The molecule has 4 heteroatoms. The summed E-state index contributed by atoms with van der Waals surface area (Å²) in [5.74, 6) is -1.04. The molecule has 1 rings (SSSR count). The van der Waals surface area contributed by atoms with Crippen molar-refractivity contribution in [2.45, 2.75) is 20.0 Å². The molecule has 0 saturated carbocycles. The molecule has 0 spiro atoms. The molecule has 0 aliphatic carbocycles. The van der Waals surface area contributed by atoms with E-state index in [2.05, 4.69) is 0 Å². The zero-order chi connectivity index (χ0) is 12.8. The van der Waals surface area contributed by atoms with Gasteiger partial charge in [0.2, 0.25) is 0 Å². The first kappa shape index (κ1) is 12.9. The molecule has 0 bridgehead atoms. The van der Waals surface area contributed by atoms with Crippen LogP contribution in [0.4, 0.5) is 4.39 Å². The fraction of sp³-hybridized carbons (Fsp3) is 0.231. The molecule has 0 amide bonds. The molecule has 1 aromatic rings. The Balaban J connectivity index is 2.91. The van der Waals surface area contributed by atoms with E-state index in [9.17, 15) is 9.18 Å². The maximum Gasteiger partial charge on any atom is 0.349 e. The number of nitrogens with zero attached hydrogens (tertiary/aromatic N) is 1. The Bertz CT molecular complexity index is 469. The average Bonchev–Trinajstić information content (AvgIpc) is 2.27. The van der Waals surface area contributed by atoms with Gasteiger partial charge in [0, 0.05) is 0 Å². The number of ether oxygens (including phenoxy) is 1. The molecule has 0 saturated heterocycles. The van der Waals surface area contributed by atoms with E-state index in [1.165, 1.54) is 30.3 Å². The second-order valence-corrected chi connectivity index (χ2v) is 3.68. The zero-order valence-corrected chi connectivity index (χ0v) is 9.61. The highest BCUT2D eigenvalue weighted by Gasteiger charge is 2.12. The number of benzene rings is 1. The zero-order valence-electron chi connectivity index (χ0n) is 9.61. The fourth-order valence-corrected chi connectivity index (χ4v) is 1.14. The van der Waals surface area contributed by atoms with Gasteiger partial charge in [-0.05, 0) is 37.6 Å². The number of hydrogen-bond donors (Lipinski definition) is 0. The lowest BCUT2D eigenvalue weighted by Gasteiger charge is -2.06. The minimum atomic E-state index is -0.674. The van der Waals surface area contributed by atoms with Gasteiger partial charge >= 0.3 is 5.97 Å². The molecule has 3 nitrogen and oxygen atoms in total. The smallest absolute Gasteiger partial charge is 0.349 e. The molecule has 0 radical (unpaired) electrons. The summed E-state index contributed by atoms with van der Waals surface area (Å²) in [6.07, 6.45) is 1.08. The van der Waals surface area contributed by atoms with Crippen LogP contribution >= 0.6 is 0 Å². The second kappa shape index (κ2) is 5.80. The van der Waals surface area contributed by atoms with Crippen molar-refractivity contribution in [1.82, 2.24) is 0 Å².